The maximum absolute atomic E-state index is 12.3. The van der Waals surface area contributed by atoms with Crippen molar-refractivity contribution in [1.82, 2.24) is 0 Å². The SMILES string of the molecule is Cc1ccc(C)c(NC(=O)[C@H]2CC=CC[C@H]2C(=O)[O-])c1. The van der Waals surface area contributed by atoms with E-state index in [4.69, 9.17) is 0 Å². The van der Waals surface area contributed by atoms with Gasteiger partial charge in [-0.25, -0.2) is 0 Å². The maximum Gasteiger partial charge on any atom is 0.228 e. The number of hydrogen-bond donors (Lipinski definition) is 1. The van der Waals surface area contributed by atoms with Gasteiger partial charge in [-0.15, -0.1) is 0 Å². The summed E-state index contributed by atoms with van der Waals surface area (Å²) in [6, 6.07) is 5.79. The van der Waals surface area contributed by atoms with Crippen molar-refractivity contribution in [3.63, 3.8) is 0 Å². The highest BCUT2D eigenvalue weighted by molar-refractivity contribution is 5.95. The van der Waals surface area contributed by atoms with E-state index in [1.165, 1.54) is 0 Å². The molecule has 0 radical (unpaired) electrons. The van der Waals surface area contributed by atoms with Crippen LogP contribution in [-0.4, -0.2) is 11.9 Å². The molecule has 0 spiro atoms. The molecule has 1 aromatic rings. The van der Waals surface area contributed by atoms with Gasteiger partial charge >= 0.3 is 0 Å². The van der Waals surface area contributed by atoms with Crippen LogP contribution >= 0.6 is 0 Å². The molecule has 0 heterocycles. The van der Waals surface area contributed by atoms with Gasteiger partial charge in [-0.2, -0.15) is 0 Å². The molecular weight excluding hydrogens is 254 g/mol. The largest absolute Gasteiger partial charge is 0.550 e. The van der Waals surface area contributed by atoms with E-state index in [9.17, 15) is 14.7 Å². The molecule has 0 aromatic heterocycles. The second-order valence-corrected chi connectivity index (χ2v) is 5.28. The second-order valence-electron chi connectivity index (χ2n) is 5.28. The van der Waals surface area contributed by atoms with Crippen molar-refractivity contribution in [3.05, 3.63) is 41.5 Å². The Hall–Kier alpha value is -2.10. The smallest absolute Gasteiger partial charge is 0.228 e. The summed E-state index contributed by atoms with van der Waals surface area (Å²) in [4.78, 5) is 23.4. The Morgan fingerprint density at radius 1 is 1.15 bits per heavy atom. The Labute approximate surface area is 118 Å². The van der Waals surface area contributed by atoms with Gasteiger partial charge in [0.25, 0.3) is 0 Å². The van der Waals surface area contributed by atoms with Crippen LogP contribution in [0.2, 0.25) is 0 Å². The topological polar surface area (TPSA) is 69.2 Å². The van der Waals surface area contributed by atoms with Gasteiger partial charge in [-0.3, -0.25) is 4.79 Å². The minimum atomic E-state index is -1.16. The summed E-state index contributed by atoms with van der Waals surface area (Å²) in [6.07, 6.45) is 4.44. The molecule has 4 nitrogen and oxygen atoms in total. The van der Waals surface area contributed by atoms with Crippen LogP contribution in [-0.2, 0) is 9.59 Å². The van der Waals surface area contributed by atoms with Gasteiger partial charge in [0.05, 0.1) is 5.92 Å². The summed E-state index contributed by atoms with van der Waals surface area (Å²) in [5.74, 6) is -2.72. The molecule has 1 aromatic carbocycles. The molecule has 0 fully saturated rings. The second kappa shape index (κ2) is 5.90. The fourth-order valence-corrected chi connectivity index (χ4v) is 2.46. The van der Waals surface area contributed by atoms with E-state index in [-0.39, 0.29) is 5.91 Å². The van der Waals surface area contributed by atoms with Crippen molar-refractivity contribution in [2.75, 3.05) is 5.32 Å². The number of carboxylic acid groups (broad SMARTS) is 1. The number of hydrogen-bond acceptors (Lipinski definition) is 3. The highest BCUT2D eigenvalue weighted by Crippen LogP contribution is 2.27. The van der Waals surface area contributed by atoms with Gasteiger partial charge in [-0.1, -0.05) is 24.3 Å². The average molecular weight is 272 g/mol. The monoisotopic (exact) mass is 272 g/mol. The molecule has 1 amide bonds. The summed E-state index contributed by atoms with van der Waals surface area (Å²) in [5.41, 5.74) is 2.74. The first-order valence-corrected chi connectivity index (χ1v) is 6.73. The van der Waals surface area contributed by atoms with Crippen molar-refractivity contribution in [2.45, 2.75) is 26.7 Å². The lowest BCUT2D eigenvalue weighted by Gasteiger charge is -2.28. The zero-order valence-electron chi connectivity index (χ0n) is 11.7. The number of carbonyl (C=O) groups excluding carboxylic acids is 2. The van der Waals surface area contributed by atoms with Crippen molar-refractivity contribution in [1.29, 1.82) is 0 Å². The van der Waals surface area contributed by atoms with Gasteiger partial charge in [0.15, 0.2) is 0 Å². The highest BCUT2D eigenvalue weighted by Gasteiger charge is 2.29. The first-order chi connectivity index (χ1) is 9.49. The van der Waals surface area contributed by atoms with Crippen LogP contribution in [0.5, 0.6) is 0 Å². The average Bonchev–Trinajstić information content (AvgIpc) is 2.42. The van der Waals surface area contributed by atoms with Gasteiger partial charge < -0.3 is 15.2 Å². The zero-order chi connectivity index (χ0) is 14.7. The Bertz CT molecular complexity index is 563. The summed E-state index contributed by atoms with van der Waals surface area (Å²) in [7, 11) is 0. The van der Waals surface area contributed by atoms with Crippen molar-refractivity contribution in [2.24, 2.45) is 11.8 Å². The Morgan fingerprint density at radius 2 is 1.80 bits per heavy atom. The number of carbonyl (C=O) groups is 2. The molecule has 4 heteroatoms. The van der Waals surface area contributed by atoms with E-state index in [2.05, 4.69) is 5.32 Å². The van der Waals surface area contributed by atoms with Crippen LogP contribution in [0.1, 0.15) is 24.0 Å². The molecule has 2 atom stereocenters. The molecule has 2 rings (SSSR count). The van der Waals surface area contributed by atoms with E-state index in [0.29, 0.717) is 12.8 Å². The molecule has 1 aliphatic rings. The molecule has 106 valence electrons. The van der Waals surface area contributed by atoms with Gasteiger partial charge in [0.1, 0.15) is 0 Å². The van der Waals surface area contributed by atoms with Crippen LogP contribution in [0.25, 0.3) is 0 Å². The third kappa shape index (κ3) is 3.07. The zero-order valence-corrected chi connectivity index (χ0v) is 11.7. The molecule has 20 heavy (non-hydrogen) atoms. The molecule has 1 N–H and O–H groups in total. The third-order valence-corrected chi connectivity index (χ3v) is 3.72. The fourth-order valence-electron chi connectivity index (χ4n) is 2.46. The number of benzene rings is 1. The standard InChI is InChI=1S/C16H19NO3/c1-10-7-8-11(2)14(9-10)17-15(18)12-5-3-4-6-13(12)16(19)20/h3-4,7-9,12-13H,5-6H2,1-2H3,(H,17,18)(H,19,20)/p-1/t12-,13+/m0/s1. The Balaban J connectivity index is 2.16. The van der Waals surface area contributed by atoms with E-state index in [1.54, 1.807) is 6.08 Å². The summed E-state index contributed by atoms with van der Waals surface area (Å²) < 4.78 is 0. The quantitative estimate of drug-likeness (QED) is 0.849. The number of aliphatic carboxylic acids is 1. The Morgan fingerprint density at radius 3 is 2.45 bits per heavy atom. The van der Waals surface area contributed by atoms with E-state index in [1.807, 2.05) is 38.1 Å². The number of anilines is 1. The maximum atomic E-state index is 12.3. The first kappa shape index (κ1) is 14.3. The normalized spacial score (nSPS) is 21.5. The number of aryl methyl sites for hydroxylation is 2. The van der Waals surface area contributed by atoms with Crippen molar-refractivity contribution >= 4 is 17.6 Å². The molecule has 0 saturated carbocycles. The van der Waals surface area contributed by atoms with E-state index in [0.717, 1.165) is 16.8 Å². The molecule has 0 unspecified atom stereocenters. The van der Waals surface area contributed by atoms with Crippen LogP contribution in [0.3, 0.4) is 0 Å². The molecule has 0 bridgehead atoms. The van der Waals surface area contributed by atoms with Crippen molar-refractivity contribution in [3.8, 4) is 0 Å². The van der Waals surface area contributed by atoms with E-state index >= 15 is 0 Å². The Kier molecular flexibility index (Phi) is 4.23. The van der Waals surface area contributed by atoms with Crippen LogP contribution in [0, 0.1) is 25.7 Å². The van der Waals surface area contributed by atoms with Gasteiger partial charge in [0, 0.05) is 17.6 Å². The van der Waals surface area contributed by atoms with Crippen LogP contribution in [0.15, 0.2) is 30.4 Å². The first-order valence-electron chi connectivity index (χ1n) is 6.73. The predicted molar refractivity (Wildman–Crippen MR) is 74.9 cm³/mol. The molecule has 0 aliphatic heterocycles. The van der Waals surface area contributed by atoms with Gasteiger partial charge in [-0.05, 0) is 43.9 Å². The van der Waals surface area contributed by atoms with Gasteiger partial charge in [0.2, 0.25) is 5.91 Å². The lowest BCUT2D eigenvalue weighted by Crippen LogP contribution is -2.41. The van der Waals surface area contributed by atoms with Crippen LogP contribution in [0.4, 0.5) is 5.69 Å². The molecule has 1 aliphatic carbocycles. The summed E-state index contributed by atoms with van der Waals surface area (Å²) in [5, 5.41) is 14.0. The van der Waals surface area contributed by atoms with Crippen LogP contribution < -0.4 is 10.4 Å². The summed E-state index contributed by atoms with van der Waals surface area (Å²) >= 11 is 0. The molecule has 0 saturated heterocycles. The van der Waals surface area contributed by atoms with Crippen molar-refractivity contribution < 1.29 is 14.7 Å². The molecular formula is C16H18NO3-. The summed E-state index contributed by atoms with van der Waals surface area (Å²) in [6.45, 7) is 3.86. The van der Waals surface area contributed by atoms with E-state index < -0.39 is 17.8 Å². The number of allylic oxidation sites excluding steroid dienone is 2. The minimum Gasteiger partial charge on any atom is -0.550 e. The minimum absolute atomic E-state index is 0.253. The lowest BCUT2D eigenvalue weighted by atomic mass is 9.82. The third-order valence-electron chi connectivity index (χ3n) is 3.72. The number of rotatable bonds is 3. The number of amides is 1. The predicted octanol–water partition coefficient (Wildman–Crippen LogP) is 1.57. The number of carboxylic acids is 1. The highest BCUT2D eigenvalue weighted by atomic mass is 16.4. The number of nitrogens with one attached hydrogen (secondary N) is 1. The lowest BCUT2D eigenvalue weighted by molar-refractivity contribution is -0.313. The fraction of sp³-hybridized carbons (Fsp3) is 0.375.